The number of carbonyl (C=O) groups excluding carboxylic acids is 2. The maximum Gasteiger partial charge on any atom is 0.226 e. The van der Waals surface area contributed by atoms with E-state index in [2.05, 4.69) is 5.32 Å². The molecule has 138 valence electrons. The summed E-state index contributed by atoms with van der Waals surface area (Å²) in [5.41, 5.74) is 1.42. The number of ether oxygens (including phenoxy) is 2. The van der Waals surface area contributed by atoms with Crippen LogP contribution in [0.25, 0.3) is 0 Å². The first-order chi connectivity index (χ1) is 11.9. The highest BCUT2D eigenvalue weighted by Gasteiger charge is 2.21. The van der Waals surface area contributed by atoms with Gasteiger partial charge in [0.15, 0.2) is 0 Å². The fourth-order valence-corrected chi connectivity index (χ4v) is 2.94. The van der Waals surface area contributed by atoms with Gasteiger partial charge in [0.2, 0.25) is 11.8 Å². The Morgan fingerprint density at radius 1 is 1.44 bits per heavy atom. The van der Waals surface area contributed by atoms with Crippen molar-refractivity contribution in [3.05, 3.63) is 22.7 Å². The van der Waals surface area contributed by atoms with Crippen LogP contribution in [0.4, 0.5) is 5.69 Å². The molecule has 1 N–H and O–H groups in total. The zero-order valence-electron chi connectivity index (χ0n) is 14.9. The second-order valence-corrected chi connectivity index (χ2v) is 6.61. The van der Waals surface area contributed by atoms with Crippen LogP contribution in [0.15, 0.2) is 12.1 Å². The van der Waals surface area contributed by atoms with Crippen molar-refractivity contribution in [1.29, 1.82) is 0 Å². The van der Waals surface area contributed by atoms with Crippen molar-refractivity contribution in [1.82, 2.24) is 4.90 Å². The molecule has 0 aromatic heterocycles. The van der Waals surface area contributed by atoms with Crippen LogP contribution in [0.2, 0.25) is 5.02 Å². The molecule has 25 heavy (non-hydrogen) atoms. The largest absolute Gasteiger partial charge is 0.495 e. The lowest BCUT2D eigenvalue weighted by molar-refractivity contribution is -0.130. The molecule has 0 radical (unpaired) electrons. The van der Waals surface area contributed by atoms with E-state index in [4.69, 9.17) is 21.1 Å². The van der Waals surface area contributed by atoms with Crippen molar-refractivity contribution >= 4 is 29.1 Å². The monoisotopic (exact) mass is 368 g/mol. The van der Waals surface area contributed by atoms with E-state index in [0.717, 1.165) is 25.0 Å². The highest BCUT2D eigenvalue weighted by Crippen LogP contribution is 2.31. The van der Waals surface area contributed by atoms with Crippen LogP contribution >= 0.6 is 11.6 Å². The van der Waals surface area contributed by atoms with E-state index in [1.54, 1.807) is 17.0 Å². The maximum absolute atomic E-state index is 12.3. The highest BCUT2D eigenvalue weighted by atomic mass is 35.5. The summed E-state index contributed by atoms with van der Waals surface area (Å²) < 4.78 is 10.8. The fourth-order valence-electron chi connectivity index (χ4n) is 2.79. The number of carbonyl (C=O) groups is 2. The predicted molar refractivity (Wildman–Crippen MR) is 97.2 cm³/mol. The Bertz CT molecular complexity index is 630. The molecule has 1 saturated heterocycles. The van der Waals surface area contributed by atoms with Crippen molar-refractivity contribution in [2.45, 2.75) is 39.2 Å². The predicted octanol–water partition coefficient (Wildman–Crippen LogP) is 3.01. The number of nitrogens with zero attached hydrogens (tertiary/aromatic N) is 1. The molecule has 1 atom stereocenters. The molecule has 2 amide bonds. The smallest absolute Gasteiger partial charge is 0.226 e. The Morgan fingerprint density at radius 2 is 2.20 bits per heavy atom. The third kappa shape index (κ3) is 5.61. The quantitative estimate of drug-likeness (QED) is 0.803. The van der Waals surface area contributed by atoms with Gasteiger partial charge in [-0.25, -0.2) is 0 Å². The molecular formula is C18H25ClN2O4. The molecule has 0 saturated carbocycles. The third-order valence-electron chi connectivity index (χ3n) is 4.26. The lowest BCUT2D eigenvalue weighted by atomic mass is 10.2. The standard InChI is InChI=1S/C18H25ClN2O4/c1-12-9-16(17(24-3)10-15(12)19)20-18(23)6-7-21(13(2)22)11-14-5-4-8-25-14/h9-10,14H,4-8,11H2,1-3H3,(H,20,23). The molecule has 1 aliphatic heterocycles. The van der Waals surface area contributed by atoms with Crippen LogP contribution in [0.3, 0.4) is 0 Å². The van der Waals surface area contributed by atoms with Gasteiger partial charge >= 0.3 is 0 Å². The Labute approximate surface area is 153 Å². The summed E-state index contributed by atoms with van der Waals surface area (Å²) in [4.78, 5) is 25.7. The molecule has 1 aromatic rings. The SMILES string of the molecule is COc1cc(Cl)c(C)cc1NC(=O)CCN(CC1CCCO1)C(C)=O. The summed E-state index contributed by atoms with van der Waals surface area (Å²) in [6, 6.07) is 3.44. The minimum absolute atomic E-state index is 0.0526. The zero-order chi connectivity index (χ0) is 18.4. The molecule has 1 unspecified atom stereocenters. The van der Waals surface area contributed by atoms with E-state index in [9.17, 15) is 9.59 Å². The number of halogens is 1. The number of anilines is 1. The van der Waals surface area contributed by atoms with Crippen molar-refractivity contribution in [2.24, 2.45) is 0 Å². The average Bonchev–Trinajstić information content (AvgIpc) is 3.07. The molecule has 0 bridgehead atoms. The van der Waals surface area contributed by atoms with Gasteiger partial charge in [-0.3, -0.25) is 9.59 Å². The normalized spacial score (nSPS) is 16.6. The molecule has 1 aromatic carbocycles. The van der Waals surface area contributed by atoms with Crippen LogP contribution < -0.4 is 10.1 Å². The number of hydrogen-bond donors (Lipinski definition) is 1. The molecule has 1 fully saturated rings. The van der Waals surface area contributed by atoms with Gasteiger partial charge < -0.3 is 19.7 Å². The van der Waals surface area contributed by atoms with Crippen LogP contribution in [-0.2, 0) is 14.3 Å². The minimum atomic E-state index is -0.182. The van der Waals surface area contributed by atoms with E-state index in [-0.39, 0.29) is 24.3 Å². The molecule has 1 heterocycles. The maximum atomic E-state index is 12.3. The fraction of sp³-hybridized carbons (Fsp3) is 0.556. The van der Waals surface area contributed by atoms with Gasteiger partial charge in [0.1, 0.15) is 5.75 Å². The van der Waals surface area contributed by atoms with Gasteiger partial charge in [0.25, 0.3) is 0 Å². The summed E-state index contributed by atoms with van der Waals surface area (Å²) in [6.45, 7) is 5.00. The van der Waals surface area contributed by atoms with Crippen LogP contribution in [0.5, 0.6) is 5.75 Å². The van der Waals surface area contributed by atoms with Gasteiger partial charge in [0, 0.05) is 44.1 Å². The van der Waals surface area contributed by atoms with Crippen molar-refractivity contribution in [3.63, 3.8) is 0 Å². The van der Waals surface area contributed by atoms with E-state index in [1.165, 1.54) is 14.0 Å². The summed E-state index contributed by atoms with van der Waals surface area (Å²) in [5.74, 6) is 0.272. The lowest BCUT2D eigenvalue weighted by Crippen LogP contribution is -2.37. The molecule has 1 aliphatic rings. The topological polar surface area (TPSA) is 67.9 Å². The van der Waals surface area contributed by atoms with Gasteiger partial charge in [0.05, 0.1) is 18.9 Å². The van der Waals surface area contributed by atoms with Crippen LogP contribution in [0.1, 0.15) is 31.7 Å². The van der Waals surface area contributed by atoms with Crippen molar-refractivity contribution in [3.8, 4) is 5.75 Å². The molecule has 2 rings (SSSR count). The number of benzene rings is 1. The lowest BCUT2D eigenvalue weighted by Gasteiger charge is -2.24. The first-order valence-corrected chi connectivity index (χ1v) is 8.79. The molecule has 6 nitrogen and oxygen atoms in total. The van der Waals surface area contributed by atoms with Crippen molar-refractivity contribution < 1.29 is 19.1 Å². The summed E-state index contributed by atoms with van der Waals surface area (Å²) in [5, 5.41) is 3.40. The van der Waals surface area contributed by atoms with Crippen LogP contribution in [-0.4, -0.2) is 49.6 Å². The van der Waals surface area contributed by atoms with Gasteiger partial charge in [-0.2, -0.15) is 0 Å². The molecule has 0 spiro atoms. The Kier molecular flexibility index (Phi) is 7.08. The number of nitrogens with one attached hydrogen (secondary N) is 1. The zero-order valence-corrected chi connectivity index (χ0v) is 15.7. The number of methoxy groups -OCH3 is 1. The first-order valence-electron chi connectivity index (χ1n) is 8.41. The van der Waals surface area contributed by atoms with E-state index in [0.29, 0.717) is 29.5 Å². The Morgan fingerprint density at radius 3 is 2.80 bits per heavy atom. The first kappa shape index (κ1) is 19.5. The van der Waals surface area contributed by atoms with E-state index in [1.807, 2.05) is 6.92 Å². The van der Waals surface area contributed by atoms with E-state index >= 15 is 0 Å². The Balaban J connectivity index is 1.92. The molecular weight excluding hydrogens is 344 g/mol. The minimum Gasteiger partial charge on any atom is -0.495 e. The second-order valence-electron chi connectivity index (χ2n) is 6.20. The van der Waals surface area contributed by atoms with Gasteiger partial charge in [-0.1, -0.05) is 11.6 Å². The van der Waals surface area contributed by atoms with E-state index < -0.39 is 0 Å². The summed E-state index contributed by atoms with van der Waals surface area (Å²) in [7, 11) is 1.52. The number of hydrogen-bond acceptors (Lipinski definition) is 4. The molecule has 0 aliphatic carbocycles. The molecule has 7 heteroatoms. The Hall–Kier alpha value is -1.79. The highest BCUT2D eigenvalue weighted by molar-refractivity contribution is 6.31. The number of rotatable bonds is 7. The summed E-state index contributed by atoms with van der Waals surface area (Å²) >= 11 is 6.07. The van der Waals surface area contributed by atoms with Crippen LogP contribution in [0, 0.1) is 6.92 Å². The summed E-state index contributed by atoms with van der Waals surface area (Å²) in [6.07, 6.45) is 2.26. The second kappa shape index (κ2) is 9.06. The number of amides is 2. The van der Waals surface area contributed by atoms with Gasteiger partial charge in [-0.15, -0.1) is 0 Å². The van der Waals surface area contributed by atoms with Gasteiger partial charge in [-0.05, 0) is 31.4 Å². The third-order valence-corrected chi connectivity index (χ3v) is 4.66. The average molecular weight is 369 g/mol. The van der Waals surface area contributed by atoms with Crippen molar-refractivity contribution in [2.75, 3.05) is 32.1 Å². The number of aryl methyl sites for hydroxylation is 1.